The van der Waals surface area contributed by atoms with Crippen molar-refractivity contribution in [1.82, 2.24) is 5.32 Å². The van der Waals surface area contributed by atoms with Crippen molar-refractivity contribution in [2.24, 2.45) is 0 Å². The van der Waals surface area contributed by atoms with Crippen molar-refractivity contribution in [3.8, 4) is 11.5 Å². The number of carbonyl (C=O) groups is 2. The Morgan fingerprint density at radius 1 is 1.27 bits per heavy atom. The van der Waals surface area contributed by atoms with Crippen molar-refractivity contribution in [2.45, 2.75) is 13.8 Å². The molecule has 8 nitrogen and oxygen atoms in total. The topological polar surface area (TPSA) is 108 Å². The summed E-state index contributed by atoms with van der Waals surface area (Å²) in [7, 11) is 0. The average molecular weight is 444 g/mol. The van der Waals surface area contributed by atoms with Gasteiger partial charge in [-0.1, -0.05) is 30.0 Å². The molecule has 0 atom stereocenters. The van der Waals surface area contributed by atoms with Crippen LogP contribution in [-0.2, 0) is 4.79 Å². The molecule has 0 saturated carbocycles. The Balaban J connectivity index is 1.90. The molecule has 30 heavy (non-hydrogen) atoms. The Morgan fingerprint density at radius 3 is 2.63 bits per heavy atom. The van der Waals surface area contributed by atoms with Gasteiger partial charge in [0.2, 0.25) is 0 Å². The van der Waals surface area contributed by atoms with Crippen molar-refractivity contribution in [3.63, 3.8) is 0 Å². The Morgan fingerprint density at radius 2 is 2.03 bits per heavy atom. The number of benzene rings is 2. The quantitative estimate of drug-likeness (QED) is 0.178. The molecule has 0 spiro atoms. The highest BCUT2D eigenvalue weighted by Gasteiger charge is 2.22. The molecule has 1 saturated heterocycles. The predicted molar refractivity (Wildman–Crippen MR) is 117 cm³/mol. The van der Waals surface area contributed by atoms with Gasteiger partial charge in [-0.15, -0.1) is 0 Å². The first kappa shape index (κ1) is 21.5. The zero-order chi connectivity index (χ0) is 21.8. The van der Waals surface area contributed by atoms with Gasteiger partial charge in [0.05, 0.1) is 22.0 Å². The maximum atomic E-state index is 12.6. The van der Waals surface area contributed by atoms with Gasteiger partial charge in [-0.05, 0) is 49.8 Å². The first-order valence-corrected chi connectivity index (χ1v) is 10.00. The van der Waals surface area contributed by atoms with Gasteiger partial charge >= 0.3 is 5.97 Å². The molecule has 2 aromatic rings. The number of thiocarbonyl (C=S) groups is 1. The standard InChI is InChI=1S/C20H16N2O6S2/c1-3-27-15-7-4-12(10-17-18(23)21-20(29)30-17)9-16(15)28-19(24)13-5-6-14(22(25)26)11(2)8-13/h4-10H,3H2,1-2H3,(H,21,23,29). The number of carbonyl (C=O) groups excluding carboxylic acids is 2. The molecule has 0 aromatic heterocycles. The summed E-state index contributed by atoms with van der Waals surface area (Å²) in [4.78, 5) is 35.3. The van der Waals surface area contributed by atoms with E-state index in [2.05, 4.69) is 5.32 Å². The second-order valence-corrected chi connectivity index (χ2v) is 7.86. The van der Waals surface area contributed by atoms with Gasteiger partial charge in [-0.2, -0.15) is 0 Å². The van der Waals surface area contributed by atoms with Gasteiger partial charge in [0.15, 0.2) is 11.5 Å². The summed E-state index contributed by atoms with van der Waals surface area (Å²) in [6.07, 6.45) is 1.63. The number of nitro benzene ring substituents is 1. The first-order valence-electron chi connectivity index (χ1n) is 8.77. The fourth-order valence-electron chi connectivity index (χ4n) is 2.69. The van der Waals surface area contributed by atoms with Gasteiger partial charge in [-0.3, -0.25) is 14.9 Å². The van der Waals surface area contributed by atoms with E-state index >= 15 is 0 Å². The zero-order valence-electron chi connectivity index (χ0n) is 16.0. The minimum absolute atomic E-state index is 0.0829. The van der Waals surface area contributed by atoms with Gasteiger partial charge in [0.25, 0.3) is 11.6 Å². The zero-order valence-corrected chi connectivity index (χ0v) is 17.6. The van der Waals surface area contributed by atoms with Crippen LogP contribution >= 0.6 is 24.0 Å². The molecule has 3 rings (SSSR count). The molecule has 0 unspecified atom stereocenters. The molecule has 10 heteroatoms. The molecule has 0 radical (unpaired) electrons. The van der Waals surface area contributed by atoms with Gasteiger partial charge in [0.1, 0.15) is 4.32 Å². The highest BCUT2D eigenvalue weighted by atomic mass is 32.2. The van der Waals surface area contributed by atoms with Crippen LogP contribution < -0.4 is 14.8 Å². The maximum absolute atomic E-state index is 12.6. The van der Waals surface area contributed by atoms with Gasteiger partial charge in [0, 0.05) is 11.6 Å². The number of hydrogen-bond donors (Lipinski definition) is 1. The molecule has 0 aliphatic carbocycles. The number of nitrogens with zero attached hydrogens (tertiary/aromatic N) is 1. The SMILES string of the molecule is CCOc1ccc(C=C2SC(=S)NC2=O)cc1OC(=O)c1ccc([N+](=O)[O-])c(C)c1. The molecular formula is C20H16N2O6S2. The number of hydrogen-bond acceptors (Lipinski definition) is 8. The summed E-state index contributed by atoms with van der Waals surface area (Å²) in [5.41, 5.74) is 1.04. The van der Waals surface area contributed by atoms with Crippen molar-refractivity contribution in [1.29, 1.82) is 0 Å². The maximum Gasteiger partial charge on any atom is 0.343 e. The van der Waals surface area contributed by atoms with Crippen LogP contribution in [0.2, 0.25) is 0 Å². The molecule has 1 aliphatic heterocycles. The number of amides is 1. The summed E-state index contributed by atoms with van der Waals surface area (Å²) < 4.78 is 11.4. The highest BCUT2D eigenvalue weighted by molar-refractivity contribution is 8.26. The monoisotopic (exact) mass is 444 g/mol. The lowest BCUT2D eigenvalue weighted by Crippen LogP contribution is -2.17. The molecule has 1 heterocycles. The number of nitro groups is 1. The van der Waals surface area contributed by atoms with E-state index in [4.69, 9.17) is 21.7 Å². The Hall–Kier alpha value is -3.24. The predicted octanol–water partition coefficient (Wildman–Crippen LogP) is 4.01. The minimum atomic E-state index is -0.687. The Bertz CT molecular complexity index is 1100. The third kappa shape index (κ3) is 4.84. The van der Waals surface area contributed by atoms with Crippen molar-refractivity contribution < 1.29 is 24.0 Å². The molecule has 0 bridgehead atoms. The van der Waals surface area contributed by atoms with Crippen LogP contribution in [0.3, 0.4) is 0 Å². The van der Waals surface area contributed by atoms with Crippen LogP contribution in [0, 0.1) is 17.0 Å². The summed E-state index contributed by atoms with van der Waals surface area (Å²) in [6.45, 7) is 3.69. The molecule has 154 valence electrons. The number of esters is 1. The van der Waals surface area contributed by atoms with Crippen molar-refractivity contribution in [3.05, 3.63) is 68.1 Å². The van der Waals surface area contributed by atoms with Gasteiger partial charge < -0.3 is 14.8 Å². The van der Waals surface area contributed by atoms with E-state index in [1.807, 2.05) is 0 Å². The summed E-state index contributed by atoms with van der Waals surface area (Å²) in [5.74, 6) is -0.462. The lowest BCUT2D eigenvalue weighted by Gasteiger charge is -2.12. The van der Waals surface area contributed by atoms with E-state index in [1.54, 1.807) is 38.1 Å². The molecule has 1 N–H and O–H groups in total. The van der Waals surface area contributed by atoms with Gasteiger partial charge in [-0.25, -0.2) is 4.79 Å². The molecular weight excluding hydrogens is 428 g/mol. The van der Waals surface area contributed by atoms with E-state index in [1.165, 1.54) is 18.2 Å². The Labute approximate surface area is 181 Å². The third-order valence-corrected chi connectivity index (χ3v) is 5.20. The number of ether oxygens (including phenoxy) is 2. The van der Waals surface area contributed by atoms with Crippen molar-refractivity contribution >= 4 is 51.9 Å². The highest BCUT2D eigenvalue weighted by Crippen LogP contribution is 2.32. The average Bonchev–Trinajstić information content (AvgIpc) is 3.00. The van der Waals surface area contributed by atoms with Crippen LogP contribution in [-0.4, -0.2) is 27.7 Å². The molecule has 1 aliphatic rings. The fraction of sp³-hybridized carbons (Fsp3) is 0.150. The van der Waals surface area contributed by atoms with E-state index in [9.17, 15) is 19.7 Å². The third-order valence-electron chi connectivity index (χ3n) is 4.04. The number of nitrogens with one attached hydrogen (secondary N) is 1. The smallest absolute Gasteiger partial charge is 0.343 e. The van der Waals surface area contributed by atoms with Crippen LogP contribution in [0.4, 0.5) is 5.69 Å². The molecule has 2 aromatic carbocycles. The van der Waals surface area contributed by atoms with Crippen LogP contribution in [0.15, 0.2) is 41.3 Å². The summed E-state index contributed by atoms with van der Waals surface area (Å²) in [5, 5.41) is 13.5. The second kappa shape index (κ2) is 9.06. The minimum Gasteiger partial charge on any atom is -0.490 e. The van der Waals surface area contributed by atoms with E-state index in [0.717, 1.165) is 11.8 Å². The lowest BCUT2D eigenvalue weighted by molar-refractivity contribution is -0.385. The van der Waals surface area contributed by atoms with Crippen molar-refractivity contribution in [2.75, 3.05) is 6.61 Å². The second-order valence-electron chi connectivity index (χ2n) is 6.14. The summed E-state index contributed by atoms with van der Waals surface area (Å²) >= 11 is 6.12. The molecule has 1 amide bonds. The van der Waals surface area contributed by atoms with Crippen LogP contribution in [0.5, 0.6) is 11.5 Å². The van der Waals surface area contributed by atoms with E-state index < -0.39 is 10.9 Å². The Kier molecular flexibility index (Phi) is 6.48. The molecule has 1 fully saturated rings. The van der Waals surface area contributed by atoms with E-state index in [0.29, 0.717) is 32.7 Å². The number of thioether (sulfide) groups is 1. The summed E-state index contributed by atoms with van der Waals surface area (Å²) in [6, 6.07) is 8.92. The number of rotatable bonds is 6. The van der Waals surface area contributed by atoms with Crippen LogP contribution in [0.1, 0.15) is 28.4 Å². The normalized spacial score (nSPS) is 14.5. The van der Waals surface area contributed by atoms with E-state index in [-0.39, 0.29) is 22.9 Å². The fourth-order valence-corrected chi connectivity index (χ4v) is 3.73. The number of aryl methyl sites for hydroxylation is 1. The largest absolute Gasteiger partial charge is 0.490 e. The van der Waals surface area contributed by atoms with Crippen LogP contribution in [0.25, 0.3) is 6.08 Å². The first-order chi connectivity index (χ1) is 14.3. The lowest BCUT2D eigenvalue weighted by atomic mass is 10.1.